The highest BCUT2D eigenvalue weighted by Gasteiger charge is 2.21. The number of aryl methyl sites for hydroxylation is 1. The van der Waals surface area contributed by atoms with E-state index >= 15 is 0 Å². The highest BCUT2D eigenvalue weighted by molar-refractivity contribution is 5.93. The zero-order valence-electron chi connectivity index (χ0n) is 16.4. The van der Waals surface area contributed by atoms with Gasteiger partial charge in [0.25, 0.3) is 5.91 Å². The molecule has 0 radical (unpaired) electrons. The van der Waals surface area contributed by atoms with Gasteiger partial charge in [0.15, 0.2) is 0 Å². The molecule has 1 aromatic heterocycles. The zero-order valence-corrected chi connectivity index (χ0v) is 16.4. The van der Waals surface area contributed by atoms with Gasteiger partial charge in [-0.05, 0) is 13.0 Å². The average Bonchev–Trinajstić information content (AvgIpc) is 2.71. The van der Waals surface area contributed by atoms with Crippen molar-refractivity contribution in [2.75, 3.05) is 38.2 Å². The van der Waals surface area contributed by atoms with Crippen LogP contribution < -0.4 is 15.0 Å². The number of methoxy groups -OCH3 is 1. The van der Waals surface area contributed by atoms with E-state index in [1.807, 2.05) is 29.2 Å². The van der Waals surface area contributed by atoms with Gasteiger partial charge in [-0.25, -0.2) is 9.97 Å². The number of aromatic nitrogens is 2. The quantitative estimate of drug-likeness (QED) is 0.840. The molecular weight excluding hydrogens is 358 g/mol. The highest BCUT2D eigenvalue weighted by atomic mass is 16.5. The number of piperazine rings is 1. The predicted octanol–water partition coefficient (Wildman–Crippen LogP) is 1.39. The summed E-state index contributed by atoms with van der Waals surface area (Å²) in [6, 6.07) is 9.25. The van der Waals surface area contributed by atoms with Crippen LogP contribution in [0.3, 0.4) is 0 Å². The topological polar surface area (TPSA) is 87.7 Å². The lowest BCUT2D eigenvalue weighted by atomic mass is 10.2. The van der Waals surface area contributed by atoms with Gasteiger partial charge in [-0.3, -0.25) is 9.59 Å². The summed E-state index contributed by atoms with van der Waals surface area (Å²) in [5.41, 5.74) is 1.22. The maximum Gasteiger partial charge on any atom is 0.270 e. The first kappa shape index (κ1) is 19.6. The Kier molecular flexibility index (Phi) is 6.08. The second-order valence-corrected chi connectivity index (χ2v) is 6.65. The van der Waals surface area contributed by atoms with Crippen LogP contribution in [-0.2, 0) is 11.3 Å². The Morgan fingerprint density at radius 1 is 1.14 bits per heavy atom. The number of nitrogens with zero attached hydrogens (tertiary/aromatic N) is 4. The van der Waals surface area contributed by atoms with Gasteiger partial charge < -0.3 is 19.9 Å². The molecule has 1 saturated heterocycles. The number of nitrogens with one attached hydrogen (secondary N) is 1. The number of benzene rings is 1. The number of rotatable bonds is 5. The molecule has 28 heavy (non-hydrogen) atoms. The summed E-state index contributed by atoms with van der Waals surface area (Å²) in [7, 11) is 1.60. The Labute approximate surface area is 164 Å². The van der Waals surface area contributed by atoms with Gasteiger partial charge in [-0.15, -0.1) is 0 Å². The first-order chi connectivity index (χ1) is 13.5. The molecule has 1 aliphatic rings. The van der Waals surface area contributed by atoms with Crippen molar-refractivity contribution in [1.29, 1.82) is 0 Å². The second kappa shape index (κ2) is 8.69. The van der Waals surface area contributed by atoms with E-state index in [0.717, 1.165) is 11.3 Å². The fourth-order valence-electron chi connectivity index (χ4n) is 3.20. The van der Waals surface area contributed by atoms with Gasteiger partial charge in [0.2, 0.25) is 5.91 Å². The van der Waals surface area contributed by atoms with E-state index in [4.69, 9.17) is 4.74 Å². The van der Waals surface area contributed by atoms with Crippen molar-refractivity contribution >= 4 is 17.6 Å². The number of anilines is 1. The Morgan fingerprint density at radius 3 is 2.54 bits per heavy atom. The molecule has 0 unspecified atom stereocenters. The van der Waals surface area contributed by atoms with Gasteiger partial charge in [-0.1, -0.05) is 18.2 Å². The van der Waals surface area contributed by atoms with Crippen LogP contribution >= 0.6 is 0 Å². The fourth-order valence-corrected chi connectivity index (χ4v) is 3.20. The lowest BCUT2D eigenvalue weighted by molar-refractivity contribution is -0.129. The van der Waals surface area contributed by atoms with Crippen LogP contribution in [0.15, 0.2) is 30.3 Å². The van der Waals surface area contributed by atoms with Crippen molar-refractivity contribution in [3.63, 3.8) is 0 Å². The smallest absolute Gasteiger partial charge is 0.270 e. The van der Waals surface area contributed by atoms with E-state index in [2.05, 4.69) is 20.2 Å². The molecule has 0 saturated carbocycles. The van der Waals surface area contributed by atoms with E-state index in [1.54, 1.807) is 27.0 Å². The molecule has 0 aliphatic carbocycles. The molecule has 148 valence electrons. The summed E-state index contributed by atoms with van der Waals surface area (Å²) in [4.78, 5) is 36.8. The molecule has 2 amide bonds. The van der Waals surface area contributed by atoms with Crippen molar-refractivity contribution in [2.45, 2.75) is 20.4 Å². The third kappa shape index (κ3) is 4.57. The molecule has 0 atom stereocenters. The van der Waals surface area contributed by atoms with Crippen LogP contribution in [0.25, 0.3) is 0 Å². The first-order valence-electron chi connectivity index (χ1n) is 9.24. The summed E-state index contributed by atoms with van der Waals surface area (Å²) in [6.07, 6.45) is 0. The molecule has 1 N–H and O–H groups in total. The zero-order chi connectivity index (χ0) is 20.1. The Balaban J connectivity index is 1.69. The molecular formula is C20H25N5O3. The SMILES string of the molecule is COc1ccccc1CNC(=O)c1cc(N2CCN(C(C)=O)CC2)nc(C)n1. The van der Waals surface area contributed by atoms with E-state index in [0.29, 0.717) is 50.1 Å². The summed E-state index contributed by atoms with van der Waals surface area (Å²) in [5, 5.41) is 2.89. The van der Waals surface area contributed by atoms with Gasteiger partial charge >= 0.3 is 0 Å². The summed E-state index contributed by atoms with van der Waals surface area (Å²) < 4.78 is 5.31. The molecule has 0 spiro atoms. The number of para-hydroxylation sites is 1. The summed E-state index contributed by atoms with van der Waals surface area (Å²) >= 11 is 0. The Morgan fingerprint density at radius 2 is 1.86 bits per heavy atom. The molecule has 0 bridgehead atoms. The average molecular weight is 383 g/mol. The minimum atomic E-state index is -0.264. The minimum Gasteiger partial charge on any atom is -0.496 e. The number of amides is 2. The van der Waals surface area contributed by atoms with Crippen molar-refractivity contribution in [3.8, 4) is 5.75 Å². The van der Waals surface area contributed by atoms with Crippen LogP contribution in [0.4, 0.5) is 5.82 Å². The summed E-state index contributed by atoms with van der Waals surface area (Å²) in [6.45, 7) is 6.34. The molecule has 2 heterocycles. The first-order valence-corrected chi connectivity index (χ1v) is 9.24. The lowest BCUT2D eigenvalue weighted by Gasteiger charge is -2.35. The van der Waals surface area contributed by atoms with Gasteiger partial charge in [0, 0.05) is 51.3 Å². The van der Waals surface area contributed by atoms with Crippen LogP contribution in [0.2, 0.25) is 0 Å². The molecule has 1 fully saturated rings. The van der Waals surface area contributed by atoms with Crippen LogP contribution in [-0.4, -0.2) is 60.0 Å². The van der Waals surface area contributed by atoms with Crippen molar-refractivity contribution in [2.24, 2.45) is 0 Å². The van der Waals surface area contributed by atoms with Gasteiger partial charge in [-0.2, -0.15) is 0 Å². The van der Waals surface area contributed by atoms with Crippen LogP contribution in [0, 0.1) is 6.92 Å². The van der Waals surface area contributed by atoms with Gasteiger partial charge in [0.05, 0.1) is 7.11 Å². The molecule has 8 heteroatoms. The number of carbonyl (C=O) groups excluding carboxylic acids is 2. The summed E-state index contributed by atoms with van der Waals surface area (Å²) in [5.74, 6) is 1.78. The predicted molar refractivity (Wildman–Crippen MR) is 105 cm³/mol. The molecule has 1 aromatic carbocycles. The van der Waals surface area contributed by atoms with Gasteiger partial charge in [0.1, 0.15) is 23.1 Å². The van der Waals surface area contributed by atoms with E-state index in [-0.39, 0.29) is 11.8 Å². The van der Waals surface area contributed by atoms with Crippen LogP contribution in [0.5, 0.6) is 5.75 Å². The third-order valence-electron chi connectivity index (χ3n) is 4.74. The van der Waals surface area contributed by atoms with Crippen molar-refractivity contribution in [3.05, 3.63) is 47.4 Å². The fraction of sp³-hybridized carbons (Fsp3) is 0.400. The number of hydrogen-bond donors (Lipinski definition) is 1. The third-order valence-corrected chi connectivity index (χ3v) is 4.74. The number of ether oxygens (including phenoxy) is 1. The highest BCUT2D eigenvalue weighted by Crippen LogP contribution is 2.18. The second-order valence-electron chi connectivity index (χ2n) is 6.65. The molecule has 8 nitrogen and oxygen atoms in total. The Hall–Kier alpha value is -3.16. The molecule has 1 aliphatic heterocycles. The van der Waals surface area contributed by atoms with E-state index in [9.17, 15) is 9.59 Å². The number of carbonyl (C=O) groups is 2. The van der Waals surface area contributed by atoms with Crippen LogP contribution in [0.1, 0.15) is 28.8 Å². The minimum absolute atomic E-state index is 0.0786. The van der Waals surface area contributed by atoms with Crippen molar-refractivity contribution in [1.82, 2.24) is 20.2 Å². The lowest BCUT2D eigenvalue weighted by Crippen LogP contribution is -2.48. The largest absolute Gasteiger partial charge is 0.496 e. The maximum absolute atomic E-state index is 12.6. The normalized spacial score (nSPS) is 14.0. The van der Waals surface area contributed by atoms with Crippen molar-refractivity contribution < 1.29 is 14.3 Å². The maximum atomic E-state index is 12.6. The molecule has 3 rings (SSSR count). The standard InChI is InChI=1S/C20H25N5O3/c1-14-22-17(20(27)21-13-16-6-4-5-7-18(16)28-3)12-19(23-14)25-10-8-24(9-11-25)15(2)26/h4-7,12H,8-11,13H2,1-3H3,(H,21,27). The van der Waals surface area contributed by atoms with E-state index in [1.165, 1.54) is 0 Å². The molecule has 2 aromatic rings. The van der Waals surface area contributed by atoms with E-state index < -0.39 is 0 Å². The monoisotopic (exact) mass is 383 g/mol. The number of hydrogen-bond acceptors (Lipinski definition) is 6. The Bertz CT molecular complexity index is 863.